The Balaban J connectivity index is 2.56. The summed E-state index contributed by atoms with van der Waals surface area (Å²) < 4.78 is 10.4. The molecule has 0 bridgehead atoms. The van der Waals surface area contributed by atoms with Crippen LogP contribution in [0.3, 0.4) is 0 Å². The molecule has 0 fully saturated rings. The maximum atomic E-state index is 10.7. The third kappa shape index (κ3) is 1.84. The zero-order valence-corrected chi connectivity index (χ0v) is 9.25. The normalized spacial score (nSPS) is 10.6. The van der Waals surface area contributed by atoms with Gasteiger partial charge in [-0.2, -0.15) is 0 Å². The maximum absolute atomic E-state index is 10.7. The van der Waals surface area contributed by atoms with E-state index in [0.717, 1.165) is 0 Å². The highest BCUT2D eigenvalue weighted by molar-refractivity contribution is 6.32. The zero-order chi connectivity index (χ0) is 11.7. The molecule has 0 aliphatic carbocycles. The van der Waals surface area contributed by atoms with Crippen LogP contribution in [0, 0.1) is 0 Å². The van der Waals surface area contributed by atoms with Crippen molar-refractivity contribution in [2.75, 3.05) is 6.61 Å². The summed E-state index contributed by atoms with van der Waals surface area (Å²) >= 11 is 5.96. The molecule has 1 heterocycles. The van der Waals surface area contributed by atoms with E-state index in [2.05, 4.69) is 0 Å². The van der Waals surface area contributed by atoms with Crippen LogP contribution in [0.25, 0.3) is 11.0 Å². The molecule has 0 amide bonds. The van der Waals surface area contributed by atoms with E-state index in [4.69, 9.17) is 25.9 Å². The molecule has 84 valence electrons. The van der Waals surface area contributed by atoms with Gasteiger partial charge in [0.2, 0.25) is 5.76 Å². The first-order chi connectivity index (χ1) is 7.61. The van der Waals surface area contributed by atoms with Crippen LogP contribution in [0.4, 0.5) is 0 Å². The Labute approximate surface area is 96.4 Å². The van der Waals surface area contributed by atoms with E-state index in [0.29, 0.717) is 28.3 Å². The number of fused-ring (bicyclic) bond motifs is 1. The summed E-state index contributed by atoms with van der Waals surface area (Å²) in [5.41, 5.74) is 0.449. The lowest BCUT2D eigenvalue weighted by molar-refractivity contribution is 0.0665. The molecule has 0 spiro atoms. The van der Waals surface area contributed by atoms with Crippen molar-refractivity contribution in [3.05, 3.63) is 29.0 Å². The van der Waals surface area contributed by atoms with Crippen LogP contribution in [0.5, 0.6) is 5.75 Å². The Morgan fingerprint density at radius 2 is 2.25 bits per heavy atom. The van der Waals surface area contributed by atoms with Gasteiger partial charge in [-0.05, 0) is 19.1 Å². The van der Waals surface area contributed by atoms with Gasteiger partial charge in [0.1, 0.15) is 11.3 Å². The Hall–Kier alpha value is -1.68. The van der Waals surface area contributed by atoms with Crippen LogP contribution >= 0.6 is 11.6 Å². The van der Waals surface area contributed by atoms with Crippen molar-refractivity contribution in [3.8, 4) is 5.75 Å². The fraction of sp³-hybridized carbons (Fsp3) is 0.182. The van der Waals surface area contributed by atoms with Gasteiger partial charge in [-0.3, -0.25) is 0 Å². The first-order valence-corrected chi connectivity index (χ1v) is 5.08. The third-order valence-corrected chi connectivity index (χ3v) is 2.38. The highest BCUT2D eigenvalue weighted by Gasteiger charge is 2.13. The van der Waals surface area contributed by atoms with Crippen LogP contribution in [0.1, 0.15) is 17.5 Å². The van der Waals surface area contributed by atoms with Gasteiger partial charge in [0.25, 0.3) is 0 Å². The Kier molecular flexibility index (Phi) is 2.75. The number of carboxylic acid groups (broad SMARTS) is 1. The lowest BCUT2D eigenvalue weighted by Crippen LogP contribution is -1.91. The van der Waals surface area contributed by atoms with Crippen LogP contribution in [0.2, 0.25) is 5.02 Å². The molecule has 0 saturated heterocycles. The van der Waals surface area contributed by atoms with Gasteiger partial charge in [0, 0.05) is 11.5 Å². The molecule has 0 atom stereocenters. The number of furan rings is 1. The molecule has 0 aliphatic rings. The fourth-order valence-corrected chi connectivity index (χ4v) is 1.64. The molecule has 1 aromatic heterocycles. The summed E-state index contributed by atoms with van der Waals surface area (Å²) in [7, 11) is 0. The quantitative estimate of drug-likeness (QED) is 0.895. The second-order valence-corrected chi connectivity index (χ2v) is 3.58. The molecule has 0 unspecified atom stereocenters. The minimum atomic E-state index is -1.11. The minimum absolute atomic E-state index is 0.111. The number of benzene rings is 1. The molecule has 1 aromatic carbocycles. The zero-order valence-electron chi connectivity index (χ0n) is 8.49. The average molecular weight is 241 g/mol. The lowest BCUT2D eigenvalue weighted by atomic mass is 10.2. The monoisotopic (exact) mass is 240 g/mol. The molecular weight excluding hydrogens is 232 g/mol. The number of aromatic carboxylic acids is 1. The van der Waals surface area contributed by atoms with E-state index < -0.39 is 5.97 Å². The number of hydrogen-bond donors (Lipinski definition) is 1. The molecule has 0 radical (unpaired) electrons. The highest BCUT2D eigenvalue weighted by Crippen LogP contribution is 2.31. The van der Waals surface area contributed by atoms with E-state index in [1.165, 1.54) is 6.07 Å². The number of carbonyl (C=O) groups is 1. The summed E-state index contributed by atoms with van der Waals surface area (Å²) in [5.74, 6) is -0.729. The molecule has 5 heteroatoms. The fourth-order valence-electron chi connectivity index (χ4n) is 1.41. The lowest BCUT2D eigenvalue weighted by Gasteiger charge is -2.04. The van der Waals surface area contributed by atoms with Crippen molar-refractivity contribution in [3.63, 3.8) is 0 Å². The molecule has 4 nitrogen and oxygen atoms in total. The van der Waals surface area contributed by atoms with Crippen LogP contribution in [-0.4, -0.2) is 17.7 Å². The van der Waals surface area contributed by atoms with Crippen molar-refractivity contribution >= 4 is 28.5 Å². The molecular formula is C11H9ClO4. The van der Waals surface area contributed by atoms with Crippen LogP contribution < -0.4 is 4.74 Å². The van der Waals surface area contributed by atoms with E-state index in [1.807, 2.05) is 6.92 Å². The highest BCUT2D eigenvalue weighted by atomic mass is 35.5. The number of carboxylic acids is 1. The van der Waals surface area contributed by atoms with Gasteiger partial charge in [-0.1, -0.05) is 11.6 Å². The second-order valence-electron chi connectivity index (χ2n) is 3.17. The molecule has 2 aromatic rings. The molecule has 0 aliphatic heterocycles. The van der Waals surface area contributed by atoms with Crippen LogP contribution in [-0.2, 0) is 0 Å². The van der Waals surface area contributed by atoms with E-state index >= 15 is 0 Å². The third-order valence-electron chi connectivity index (χ3n) is 2.08. The van der Waals surface area contributed by atoms with Crippen molar-refractivity contribution in [1.82, 2.24) is 0 Å². The topological polar surface area (TPSA) is 59.7 Å². The summed E-state index contributed by atoms with van der Waals surface area (Å²) in [5, 5.41) is 9.85. The van der Waals surface area contributed by atoms with E-state index in [-0.39, 0.29) is 5.76 Å². The Morgan fingerprint density at radius 3 is 2.88 bits per heavy atom. The average Bonchev–Trinajstić information content (AvgIpc) is 2.61. The summed E-state index contributed by atoms with van der Waals surface area (Å²) in [4.78, 5) is 10.7. The molecule has 2 rings (SSSR count). The smallest absolute Gasteiger partial charge is 0.371 e. The van der Waals surface area contributed by atoms with Gasteiger partial charge in [-0.25, -0.2) is 4.79 Å². The molecule has 1 N–H and O–H groups in total. The Morgan fingerprint density at radius 1 is 1.50 bits per heavy atom. The second kappa shape index (κ2) is 4.06. The number of hydrogen-bond acceptors (Lipinski definition) is 3. The number of rotatable bonds is 3. The first kappa shape index (κ1) is 10.8. The van der Waals surface area contributed by atoms with Gasteiger partial charge < -0.3 is 14.3 Å². The summed E-state index contributed by atoms with van der Waals surface area (Å²) in [6.07, 6.45) is 0. The van der Waals surface area contributed by atoms with Crippen molar-refractivity contribution < 1.29 is 19.1 Å². The first-order valence-electron chi connectivity index (χ1n) is 4.71. The molecule has 16 heavy (non-hydrogen) atoms. The summed E-state index contributed by atoms with van der Waals surface area (Å²) in [6, 6.07) is 4.64. The van der Waals surface area contributed by atoms with Crippen LogP contribution in [0.15, 0.2) is 22.6 Å². The maximum Gasteiger partial charge on any atom is 0.371 e. The molecule has 0 saturated carbocycles. The standard InChI is InChI=1S/C11H9ClO4/c1-2-15-9-5-8-6(3-7(9)12)4-10(16-8)11(13)14/h3-5H,2H2,1H3,(H,13,14). The van der Waals surface area contributed by atoms with E-state index in [1.54, 1.807) is 12.1 Å². The number of ether oxygens (including phenoxy) is 1. The minimum Gasteiger partial charge on any atom is -0.492 e. The predicted octanol–water partition coefficient (Wildman–Crippen LogP) is 3.18. The van der Waals surface area contributed by atoms with E-state index in [9.17, 15) is 4.79 Å². The van der Waals surface area contributed by atoms with Gasteiger partial charge in [0.05, 0.1) is 11.6 Å². The predicted molar refractivity (Wildman–Crippen MR) is 59.4 cm³/mol. The summed E-state index contributed by atoms with van der Waals surface area (Å²) in [6.45, 7) is 2.32. The Bertz CT molecular complexity index is 544. The van der Waals surface area contributed by atoms with Gasteiger partial charge >= 0.3 is 5.97 Å². The number of halogens is 1. The van der Waals surface area contributed by atoms with Gasteiger partial charge in [-0.15, -0.1) is 0 Å². The van der Waals surface area contributed by atoms with Crippen molar-refractivity contribution in [2.45, 2.75) is 6.92 Å². The largest absolute Gasteiger partial charge is 0.492 e. The van der Waals surface area contributed by atoms with Crippen molar-refractivity contribution in [2.24, 2.45) is 0 Å². The van der Waals surface area contributed by atoms with Gasteiger partial charge in [0.15, 0.2) is 0 Å². The SMILES string of the molecule is CCOc1cc2oc(C(=O)O)cc2cc1Cl. The van der Waals surface area contributed by atoms with Crippen molar-refractivity contribution in [1.29, 1.82) is 0 Å².